The summed E-state index contributed by atoms with van der Waals surface area (Å²) in [7, 11) is -3.62. The number of benzene rings is 1. The molecular weight excluding hydrogens is 352 g/mol. The van der Waals surface area contributed by atoms with Gasteiger partial charge >= 0.3 is 0 Å². The van der Waals surface area contributed by atoms with Crippen LogP contribution in [0.25, 0.3) is 0 Å². The number of carbonyl (C=O) groups excluding carboxylic acids is 1. The van der Waals surface area contributed by atoms with E-state index in [1.54, 1.807) is 36.5 Å². The van der Waals surface area contributed by atoms with Gasteiger partial charge in [0.2, 0.25) is 10.0 Å². The van der Waals surface area contributed by atoms with Crippen molar-refractivity contribution in [1.29, 1.82) is 0 Å². The maximum atomic E-state index is 12.1. The van der Waals surface area contributed by atoms with Crippen LogP contribution >= 0.6 is 0 Å². The zero-order valence-corrected chi connectivity index (χ0v) is 15.8. The molecule has 0 saturated carbocycles. The van der Waals surface area contributed by atoms with Crippen LogP contribution in [0.15, 0.2) is 53.8 Å². The minimum atomic E-state index is -3.62. The Hall–Kier alpha value is -2.74. The fourth-order valence-electron chi connectivity index (χ4n) is 2.21. The monoisotopic (exact) mass is 374 g/mol. The molecular formula is C18H22N4O3S. The van der Waals surface area contributed by atoms with Gasteiger partial charge in [-0.15, -0.1) is 0 Å². The highest BCUT2D eigenvalue weighted by Gasteiger charge is 2.20. The molecule has 0 unspecified atom stereocenters. The van der Waals surface area contributed by atoms with Gasteiger partial charge in [0.05, 0.1) is 23.9 Å². The molecule has 0 fully saturated rings. The first-order valence-corrected chi connectivity index (χ1v) is 9.93. The fraction of sp³-hybridized carbons (Fsp3) is 0.278. The highest BCUT2D eigenvalue weighted by molar-refractivity contribution is 7.92. The van der Waals surface area contributed by atoms with Gasteiger partial charge in [-0.3, -0.25) is 14.1 Å². The molecule has 0 aliphatic carbocycles. The van der Waals surface area contributed by atoms with E-state index in [2.05, 4.69) is 29.4 Å². The lowest BCUT2D eigenvalue weighted by molar-refractivity contribution is -0.119. The maximum Gasteiger partial charge on any atom is 0.260 e. The summed E-state index contributed by atoms with van der Waals surface area (Å²) in [5.74, 6) is -0.212. The van der Waals surface area contributed by atoms with E-state index in [9.17, 15) is 13.2 Å². The number of hydrazone groups is 1. The standard InChI is InChI=1S/C18H22N4O3S/c1-14(2)15-7-9-17(10-8-15)22(26(3,24)25)13-18(23)21-20-12-16-6-4-5-11-19-16/h4-12,14H,13H2,1-3H3,(H,21,23)/b20-12-. The normalized spacial score (nSPS) is 11.7. The number of aromatic nitrogens is 1. The van der Waals surface area contributed by atoms with Crippen molar-refractivity contribution in [2.24, 2.45) is 5.10 Å². The van der Waals surface area contributed by atoms with Crippen LogP contribution in [0.3, 0.4) is 0 Å². The van der Waals surface area contributed by atoms with Crippen molar-refractivity contribution in [2.45, 2.75) is 19.8 Å². The van der Waals surface area contributed by atoms with E-state index >= 15 is 0 Å². The van der Waals surface area contributed by atoms with Crippen LogP contribution in [0, 0.1) is 0 Å². The fourth-order valence-corrected chi connectivity index (χ4v) is 3.07. The molecule has 26 heavy (non-hydrogen) atoms. The van der Waals surface area contributed by atoms with E-state index < -0.39 is 15.9 Å². The summed E-state index contributed by atoms with van der Waals surface area (Å²) in [6, 6.07) is 12.4. The molecule has 8 heteroatoms. The minimum absolute atomic E-state index is 0.333. The first kappa shape index (κ1) is 19.6. The minimum Gasteiger partial charge on any atom is -0.271 e. The zero-order chi connectivity index (χ0) is 19.2. The smallest absolute Gasteiger partial charge is 0.260 e. The molecule has 0 aliphatic rings. The van der Waals surface area contributed by atoms with Crippen molar-refractivity contribution >= 4 is 27.8 Å². The molecule has 2 aromatic rings. The van der Waals surface area contributed by atoms with Crippen molar-refractivity contribution in [3.8, 4) is 0 Å². The van der Waals surface area contributed by atoms with Gasteiger partial charge in [-0.05, 0) is 35.7 Å². The Labute approximate surface area is 153 Å². The van der Waals surface area contributed by atoms with Crippen LogP contribution in [0.5, 0.6) is 0 Å². The number of rotatable bonds is 7. The summed E-state index contributed by atoms with van der Waals surface area (Å²) in [5.41, 5.74) is 4.42. The van der Waals surface area contributed by atoms with Crippen LogP contribution in [0.4, 0.5) is 5.69 Å². The zero-order valence-electron chi connectivity index (χ0n) is 15.0. The number of nitrogens with one attached hydrogen (secondary N) is 1. The Bertz CT molecular complexity index is 863. The lowest BCUT2D eigenvalue weighted by Gasteiger charge is -2.21. The third-order valence-corrected chi connectivity index (χ3v) is 4.75. The number of hydrogen-bond donors (Lipinski definition) is 1. The number of carbonyl (C=O) groups is 1. The van der Waals surface area contributed by atoms with Crippen LogP contribution in [0.1, 0.15) is 31.0 Å². The number of amides is 1. The Morgan fingerprint density at radius 1 is 1.23 bits per heavy atom. The van der Waals surface area contributed by atoms with Gasteiger partial charge in [-0.25, -0.2) is 13.8 Å². The number of pyridine rings is 1. The van der Waals surface area contributed by atoms with Gasteiger partial charge in [0.25, 0.3) is 5.91 Å². The molecule has 0 saturated heterocycles. The van der Waals surface area contributed by atoms with E-state index in [0.717, 1.165) is 16.1 Å². The molecule has 0 bridgehead atoms. The molecule has 1 heterocycles. The number of sulfonamides is 1. The highest BCUT2D eigenvalue weighted by Crippen LogP contribution is 2.21. The summed E-state index contributed by atoms with van der Waals surface area (Å²) in [6.45, 7) is 3.74. The van der Waals surface area contributed by atoms with Crippen LogP contribution < -0.4 is 9.73 Å². The van der Waals surface area contributed by atoms with E-state index in [0.29, 0.717) is 17.3 Å². The molecule has 1 aromatic carbocycles. The van der Waals surface area contributed by atoms with Gasteiger partial charge < -0.3 is 0 Å². The Balaban J connectivity index is 2.08. The molecule has 1 amide bonds. The van der Waals surface area contributed by atoms with Crippen LogP contribution in [-0.4, -0.2) is 38.3 Å². The van der Waals surface area contributed by atoms with Crippen molar-refractivity contribution in [2.75, 3.05) is 17.1 Å². The average Bonchev–Trinajstić information content (AvgIpc) is 2.60. The summed E-state index contributed by atoms with van der Waals surface area (Å²) >= 11 is 0. The van der Waals surface area contributed by atoms with E-state index in [4.69, 9.17) is 0 Å². The molecule has 1 aromatic heterocycles. The molecule has 0 radical (unpaired) electrons. The Kier molecular flexibility index (Phi) is 6.46. The van der Waals surface area contributed by atoms with Gasteiger partial charge in [0, 0.05) is 6.20 Å². The van der Waals surface area contributed by atoms with E-state index in [-0.39, 0.29) is 6.54 Å². The quantitative estimate of drug-likeness (QED) is 0.593. The third kappa shape index (κ3) is 5.66. The van der Waals surface area contributed by atoms with Crippen molar-refractivity contribution in [3.63, 3.8) is 0 Å². The number of hydrogen-bond acceptors (Lipinski definition) is 5. The van der Waals surface area contributed by atoms with Gasteiger partial charge in [-0.1, -0.05) is 32.0 Å². The highest BCUT2D eigenvalue weighted by atomic mass is 32.2. The second-order valence-electron chi connectivity index (χ2n) is 6.06. The Morgan fingerprint density at radius 3 is 2.46 bits per heavy atom. The molecule has 0 spiro atoms. The topological polar surface area (TPSA) is 91.7 Å². The summed E-state index contributed by atoms with van der Waals surface area (Å²) in [6.07, 6.45) is 4.06. The lowest BCUT2D eigenvalue weighted by Crippen LogP contribution is -2.39. The predicted molar refractivity (Wildman–Crippen MR) is 103 cm³/mol. The maximum absolute atomic E-state index is 12.1. The third-order valence-electron chi connectivity index (χ3n) is 3.61. The second kappa shape index (κ2) is 8.57. The average molecular weight is 374 g/mol. The molecule has 0 aliphatic heterocycles. The summed E-state index contributed by atoms with van der Waals surface area (Å²) in [4.78, 5) is 16.1. The lowest BCUT2D eigenvalue weighted by atomic mass is 10.0. The van der Waals surface area contributed by atoms with Gasteiger partial charge in [0.15, 0.2) is 0 Å². The molecule has 2 rings (SSSR count). The van der Waals surface area contributed by atoms with Crippen LogP contribution in [-0.2, 0) is 14.8 Å². The number of anilines is 1. The van der Waals surface area contributed by atoms with Crippen molar-refractivity contribution < 1.29 is 13.2 Å². The summed E-state index contributed by atoms with van der Waals surface area (Å²) in [5, 5.41) is 3.80. The number of nitrogens with zero attached hydrogens (tertiary/aromatic N) is 3. The summed E-state index contributed by atoms with van der Waals surface area (Å²) < 4.78 is 25.2. The van der Waals surface area contributed by atoms with E-state index in [1.165, 1.54) is 6.21 Å². The Morgan fingerprint density at radius 2 is 1.92 bits per heavy atom. The van der Waals surface area contributed by atoms with Crippen molar-refractivity contribution in [3.05, 3.63) is 59.9 Å². The predicted octanol–water partition coefficient (Wildman–Crippen LogP) is 2.12. The van der Waals surface area contributed by atoms with Crippen molar-refractivity contribution in [1.82, 2.24) is 10.4 Å². The molecule has 1 N–H and O–H groups in total. The first-order chi connectivity index (χ1) is 12.3. The van der Waals surface area contributed by atoms with Crippen LogP contribution in [0.2, 0.25) is 0 Å². The largest absolute Gasteiger partial charge is 0.271 e. The van der Waals surface area contributed by atoms with E-state index in [1.807, 2.05) is 12.1 Å². The molecule has 0 atom stereocenters. The van der Waals surface area contributed by atoms with Gasteiger partial charge in [-0.2, -0.15) is 5.10 Å². The molecule has 7 nitrogen and oxygen atoms in total. The molecule has 138 valence electrons. The second-order valence-corrected chi connectivity index (χ2v) is 7.97. The van der Waals surface area contributed by atoms with Gasteiger partial charge in [0.1, 0.15) is 6.54 Å². The first-order valence-electron chi connectivity index (χ1n) is 8.08. The SMILES string of the molecule is CC(C)c1ccc(N(CC(=O)N/N=C\c2ccccn2)S(C)(=O)=O)cc1.